The van der Waals surface area contributed by atoms with E-state index in [1.807, 2.05) is 18.2 Å². The van der Waals surface area contributed by atoms with Crippen LogP contribution in [0.5, 0.6) is 0 Å². The maximum atomic E-state index is 4.67. The first kappa shape index (κ1) is 14.2. The quantitative estimate of drug-likeness (QED) is 0.557. The highest BCUT2D eigenvalue weighted by Gasteiger charge is 2.02. The Labute approximate surface area is 137 Å². The lowest BCUT2D eigenvalue weighted by Crippen LogP contribution is -1.79. The molecular formula is C18H14BrNS. The lowest BCUT2D eigenvalue weighted by Gasteiger charge is -1.97. The summed E-state index contributed by atoms with van der Waals surface area (Å²) in [5, 5.41) is 3.12. The molecule has 104 valence electrons. The first-order valence-corrected chi connectivity index (χ1v) is 8.35. The van der Waals surface area contributed by atoms with Gasteiger partial charge in [0.2, 0.25) is 0 Å². The molecule has 0 saturated heterocycles. The second-order valence-corrected chi connectivity index (χ2v) is 6.54. The van der Waals surface area contributed by atoms with Gasteiger partial charge in [0, 0.05) is 15.4 Å². The molecule has 21 heavy (non-hydrogen) atoms. The molecule has 0 atom stereocenters. The molecule has 0 amide bonds. The standard InChI is InChI=1S/C18H14BrNS/c1-13-6-8-15(9-7-13)17-12-21-18(20-17)11-10-14-4-2-3-5-16(14)19/h2-12H,1H3/b11-10+. The van der Waals surface area contributed by atoms with E-state index in [0.29, 0.717) is 0 Å². The summed E-state index contributed by atoms with van der Waals surface area (Å²) in [6.45, 7) is 2.09. The Morgan fingerprint density at radius 1 is 1.00 bits per heavy atom. The van der Waals surface area contributed by atoms with Crippen molar-refractivity contribution in [3.63, 3.8) is 0 Å². The molecule has 0 aliphatic heterocycles. The van der Waals surface area contributed by atoms with E-state index in [2.05, 4.69) is 75.7 Å². The van der Waals surface area contributed by atoms with Gasteiger partial charge in [-0.05, 0) is 24.6 Å². The van der Waals surface area contributed by atoms with E-state index in [1.54, 1.807) is 11.3 Å². The van der Waals surface area contributed by atoms with Gasteiger partial charge in [0.05, 0.1) is 5.69 Å². The van der Waals surface area contributed by atoms with E-state index in [-0.39, 0.29) is 0 Å². The lowest BCUT2D eigenvalue weighted by atomic mass is 10.1. The van der Waals surface area contributed by atoms with E-state index in [4.69, 9.17) is 0 Å². The topological polar surface area (TPSA) is 12.9 Å². The minimum absolute atomic E-state index is 1.02. The van der Waals surface area contributed by atoms with Crippen molar-refractivity contribution in [2.75, 3.05) is 0 Å². The molecule has 0 saturated carbocycles. The Balaban J connectivity index is 1.82. The number of aryl methyl sites for hydroxylation is 1. The average Bonchev–Trinajstić information content (AvgIpc) is 2.96. The molecule has 1 aromatic heterocycles. The first-order chi connectivity index (χ1) is 10.2. The van der Waals surface area contributed by atoms with E-state index in [9.17, 15) is 0 Å². The molecule has 3 aromatic rings. The van der Waals surface area contributed by atoms with Gasteiger partial charge in [-0.25, -0.2) is 4.98 Å². The van der Waals surface area contributed by atoms with Crippen molar-refractivity contribution in [3.8, 4) is 11.3 Å². The maximum Gasteiger partial charge on any atom is 0.116 e. The van der Waals surface area contributed by atoms with Crippen molar-refractivity contribution in [1.29, 1.82) is 0 Å². The molecule has 0 bridgehead atoms. The number of aromatic nitrogens is 1. The van der Waals surface area contributed by atoms with Gasteiger partial charge in [-0.3, -0.25) is 0 Å². The number of benzene rings is 2. The normalized spacial score (nSPS) is 11.1. The van der Waals surface area contributed by atoms with Gasteiger partial charge in [-0.1, -0.05) is 70.0 Å². The van der Waals surface area contributed by atoms with Gasteiger partial charge in [-0.2, -0.15) is 0 Å². The molecule has 0 N–H and O–H groups in total. The van der Waals surface area contributed by atoms with Crippen LogP contribution in [0, 0.1) is 6.92 Å². The van der Waals surface area contributed by atoms with Crippen LogP contribution in [-0.4, -0.2) is 4.98 Å². The van der Waals surface area contributed by atoms with Crippen LogP contribution in [0.3, 0.4) is 0 Å². The predicted molar refractivity (Wildman–Crippen MR) is 95.4 cm³/mol. The van der Waals surface area contributed by atoms with E-state index >= 15 is 0 Å². The van der Waals surface area contributed by atoms with Gasteiger partial charge < -0.3 is 0 Å². The third kappa shape index (κ3) is 3.49. The zero-order valence-electron chi connectivity index (χ0n) is 11.6. The highest BCUT2D eigenvalue weighted by molar-refractivity contribution is 9.10. The number of nitrogens with zero attached hydrogens (tertiary/aromatic N) is 1. The number of thiazole rings is 1. The summed E-state index contributed by atoms with van der Waals surface area (Å²) < 4.78 is 1.09. The molecule has 0 aliphatic carbocycles. The summed E-state index contributed by atoms with van der Waals surface area (Å²) in [5.41, 5.74) is 4.62. The van der Waals surface area contributed by atoms with Crippen molar-refractivity contribution < 1.29 is 0 Å². The third-order valence-electron chi connectivity index (χ3n) is 3.18. The Bertz CT molecular complexity index is 772. The van der Waals surface area contributed by atoms with Gasteiger partial charge in [0.25, 0.3) is 0 Å². The molecule has 2 aromatic carbocycles. The zero-order chi connectivity index (χ0) is 14.7. The summed E-state index contributed by atoms with van der Waals surface area (Å²) in [6, 6.07) is 16.6. The summed E-state index contributed by atoms with van der Waals surface area (Å²) in [4.78, 5) is 4.67. The number of halogens is 1. The predicted octanol–water partition coefficient (Wildman–Crippen LogP) is 6.05. The van der Waals surface area contributed by atoms with Crippen LogP contribution in [0.25, 0.3) is 23.4 Å². The third-order valence-corrected chi connectivity index (χ3v) is 4.71. The molecule has 0 unspecified atom stereocenters. The Morgan fingerprint density at radius 3 is 2.52 bits per heavy atom. The van der Waals surface area contributed by atoms with E-state index in [0.717, 1.165) is 26.3 Å². The van der Waals surface area contributed by atoms with Crippen molar-refractivity contribution in [2.24, 2.45) is 0 Å². The largest absolute Gasteiger partial charge is 0.237 e. The van der Waals surface area contributed by atoms with Gasteiger partial charge in [0.1, 0.15) is 5.01 Å². The molecule has 1 heterocycles. The highest BCUT2D eigenvalue weighted by Crippen LogP contribution is 2.24. The second kappa shape index (κ2) is 6.37. The molecule has 3 rings (SSSR count). The second-order valence-electron chi connectivity index (χ2n) is 4.79. The summed E-state index contributed by atoms with van der Waals surface area (Å²) in [6.07, 6.45) is 4.14. The maximum absolute atomic E-state index is 4.67. The fourth-order valence-corrected chi connectivity index (χ4v) is 3.13. The molecule has 1 nitrogen and oxygen atoms in total. The smallest absolute Gasteiger partial charge is 0.116 e. The summed E-state index contributed by atoms with van der Waals surface area (Å²) >= 11 is 5.21. The molecule has 3 heteroatoms. The summed E-state index contributed by atoms with van der Waals surface area (Å²) in [5.74, 6) is 0. The van der Waals surface area contributed by atoms with Crippen LogP contribution < -0.4 is 0 Å². The van der Waals surface area contributed by atoms with Crippen LogP contribution in [-0.2, 0) is 0 Å². The Kier molecular flexibility index (Phi) is 4.32. The first-order valence-electron chi connectivity index (χ1n) is 6.67. The Morgan fingerprint density at radius 2 is 1.76 bits per heavy atom. The van der Waals surface area contributed by atoms with Crippen molar-refractivity contribution in [2.45, 2.75) is 6.92 Å². The molecule has 0 fully saturated rings. The van der Waals surface area contributed by atoms with Crippen molar-refractivity contribution in [3.05, 3.63) is 74.5 Å². The van der Waals surface area contributed by atoms with Gasteiger partial charge in [0.15, 0.2) is 0 Å². The van der Waals surface area contributed by atoms with Crippen LogP contribution in [0.2, 0.25) is 0 Å². The molecule has 0 aliphatic rings. The van der Waals surface area contributed by atoms with Crippen LogP contribution in [0.1, 0.15) is 16.1 Å². The van der Waals surface area contributed by atoms with Gasteiger partial charge in [-0.15, -0.1) is 11.3 Å². The fraction of sp³-hybridized carbons (Fsp3) is 0.0556. The number of rotatable bonds is 3. The highest BCUT2D eigenvalue weighted by atomic mass is 79.9. The monoisotopic (exact) mass is 355 g/mol. The lowest BCUT2D eigenvalue weighted by molar-refractivity contribution is 1.37. The van der Waals surface area contributed by atoms with Gasteiger partial charge >= 0.3 is 0 Å². The average molecular weight is 356 g/mol. The van der Waals surface area contributed by atoms with Crippen LogP contribution in [0.15, 0.2) is 58.4 Å². The number of hydrogen-bond donors (Lipinski definition) is 0. The van der Waals surface area contributed by atoms with Crippen molar-refractivity contribution in [1.82, 2.24) is 4.98 Å². The Hall–Kier alpha value is -1.71. The van der Waals surface area contributed by atoms with Crippen LogP contribution >= 0.6 is 27.3 Å². The number of hydrogen-bond acceptors (Lipinski definition) is 2. The molecule has 0 radical (unpaired) electrons. The summed E-state index contributed by atoms with van der Waals surface area (Å²) in [7, 11) is 0. The minimum atomic E-state index is 1.02. The van der Waals surface area contributed by atoms with Crippen LogP contribution in [0.4, 0.5) is 0 Å². The zero-order valence-corrected chi connectivity index (χ0v) is 14.0. The fourth-order valence-electron chi connectivity index (χ4n) is 1.99. The molecule has 0 spiro atoms. The minimum Gasteiger partial charge on any atom is -0.237 e. The van der Waals surface area contributed by atoms with E-state index < -0.39 is 0 Å². The van der Waals surface area contributed by atoms with E-state index in [1.165, 1.54) is 5.56 Å². The van der Waals surface area contributed by atoms with Crippen molar-refractivity contribution >= 4 is 39.4 Å². The molecular weight excluding hydrogens is 342 g/mol. The SMILES string of the molecule is Cc1ccc(-c2csc(/C=C/c3ccccc3Br)n2)cc1.